The summed E-state index contributed by atoms with van der Waals surface area (Å²) in [6.07, 6.45) is -0.109. The average Bonchev–Trinajstić information content (AvgIpc) is 2.15. The number of benzene rings is 1. The smallest absolute Gasteiger partial charge is 0.246 e. The van der Waals surface area contributed by atoms with Gasteiger partial charge < -0.3 is 10.1 Å². The highest BCUT2D eigenvalue weighted by Gasteiger charge is 2.37. The Kier molecular flexibility index (Phi) is 3.04. The van der Waals surface area contributed by atoms with Crippen LogP contribution in [0.2, 0.25) is 0 Å². The Balaban J connectivity index is 2.30. The third-order valence-corrected chi connectivity index (χ3v) is 3.14. The van der Waals surface area contributed by atoms with Gasteiger partial charge in [-0.05, 0) is 31.5 Å². The summed E-state index contributed by atoms with van der Waals surface area (Å²) in [6, 6.07) is 7.96. The zero-order valence-corrected chi connectivity index (χ0v) is 10.9. The predicted octanol–water partition coefficient (Wildman–Crippen LogP) is 2.42. The molecule has 1 aliphatic heterocycles. The fraction of sp³-hybridized carbons (Fsp3) is 0.417. The van der Waals surface area contributed by atoms with Crippen molar-refractivity contribution in [2.75, 3.05) is 6.61 Å². The van der Waals surface area contributed by atoms with Crippen molar-refractivity contribution in [2.24, 2.45) is 0 Å². The molecule has 1 aromatic carbocycles. The number of ether oxygens (including phenoxy) is 1. The van der Waals surface area contributed by atoms with E-state index >= 15 is 0 Å². The molecule has 1 aromatic rings. The number of halogens is 1. The Hall–Kier alpha value is -0.870. The van der Waals surface area contributed by atoms with Crippen LogP contribution in [0.1, 0.15) is 25.5 Å². The molecule has 0 bridgehead atoms. The molecule has 1 heterocycles. The van der Waals surface area contributed by atoms with Gasteiger partial charge >= 0.3 is 0 Å². The fourth-order valence-corrected chi connectivity index (χ4v) is 2.43. The summed E-state index contributed by atoms with van der Waals surface area (Å²) in [5.74, 6) is -0.0590. The maximum atomic E-state index is 11.3. The molecular weight excluding hydrogens is 270 g/mol. The molecule has 0 aliphatic carbocycles. The van der Waals surface area contributed by atoms with Crippen molar-refractivity contribution in [2.45, 2.75) is 25.5 Å². The van der Waals surface area contributed by atoms with Gasteiger partial charge in [0, 0.05) is 4.47 Å². The molecule has 4 heteroatoms. The second-order valence-electron chi connectivity index (χ2n) is 4.52. The van der Waals surface area contributed by atoms with E-state index in [4.69, 9.17) is 4.74 Å². The van der Waals surface area contributed by atoms with E-state index in [1.54, 1.807) is 0 Å². The molecule has 3 nitrogen and oxygen atoms in total. The van der Waals surface area contributed by atoms with Crippen LogP contribution in [-0.2, 0) is 9.53 Å². The molecule has 0 spiro atoms. The highest BCUT2D eigenvalue weighted by Crippen LogP contribution is 2.32. The third kappa shape index (κ3) is 2.28. The standard InChI is InChI=1S/C12H14BrNO2/c1-12(2)11(16-7-10(15)14-12)8-4-3-5-9(13)6-8/h3-6,11H,7H2,1-2H3,(H,14,15)/t11-/m1/s1. The second-order valence-corrected chi connectivity index (χ2v) is 5.43. The molecule has 16 heavy (non-hydrogen) atoms. The van der Waals surface area contributed by atoms with Crippen molar-refractivity contribution in [3.05, 3.63) is 34.3 Å². The van der Waals surface area contributed by atoms with Crippen molar-refractivity contribution >= 4 is 21.8 Å². The van der Waals surface area contributed by atoms with Gasteiger partial charge in [0.2, 0.25) is 5.91 Å². The van der Waals surface area contributed by atoms with Crippen molar-refractivity contribution < 1.29 is 9.53 Å². The number of carbonyl (C=O) groups is 1. The maximum Gasteiger partial charge on any atom is 0.246 e. The van der Waals surface area contributed by atoms with Crippen LogP contribution in [0.15, 0.2) is 28.7 Å². The molecule has 0 saturated carbocycles. The minimum Gasteiger partial charge on any atom is -0.361 e. The van der Waals surface area contributed by atoms with Crippen molar-refractivity contribution in [3.63, 3.8) is 0 Å². The molecule has 1 amide bonds. The summed E-state index contributed by atoms with van der Waals surface area (Å²) in [5, 5.41) is 2.94. The van der Waals surface area contributed by atoms with Crippen molar-refractivity contribution in [1.29, 1.82) is 0 Å². The summed E-state index contributed by atoms with van der Waals surface area (Å²) < 4.78 is 6.63. The molecule has 86 valence electrons. The molecule has 0 aromatic heterocycles. The lowest BCUT2D eigenvalue weighted by molar-refractivity contribution is -0.142. The van der Waals surface area contributed by atoms with Gasteiger partial charge in [-0.25, -0.2) is 0 Å². The van der Waals surface area contributed by atoms with E-state index in [1.807, 2.05) is 38.1 Å². The van der Waals surface area contributed by atoms with E-state index in [-0.39, 0.29) is 24.2 Å². The van der Waals surface area contributed by atoms with E-state index in [0.717, 1.165) is 10.0 Å². The summed E-state index contributed by atoms with van der Waals surface area (Å²) in [6.45, 7) is 4.06. The van der Waals surface area contributed by atoms with Gasteiger partial charge in [0.1, 0.15) is 12.7 Å². The quantitative estimate of drug-likeness (QED) is 0.860. The van der Waals surface area contributed by atoms with Gasteiger partial charge in [0.15, 0.2) is 0 Å². The van der Waals surface area contributed by atoms with E-state index in [2.05, 4.69) is 21.2 Å². The molecular formula is C12H14BrNO2. The Morgan fingerprint density at radius 1 is 1.50 bits per heavy atom. The molecule has 1 N–H and O–H groups in total. The minimum absolute atomic E-state index is 0.0590. The van der Waals surface area contributed by atoms with Gasteiger partial charge in [0.25, 0.3) is 0 Å². The van der Waals surface area contributed by atoms with Crippen LogP contribution >= 0.6 is 15.9 Å². The van der Waals surface area contributed by atoms with Crippen LogP contribution in [0.5, 0.6) is 0 Å². The summed E-state index contributed by atoms with van der Waals surface area (Å²) in [7, 11) is 0. The Bertz CT molecular complexity index is 417. The van der Waals surface area contributed by atoms with Crippen molar-refractivity contribution in [1.82, 2.24) is 5.32 Å². The van der Waals surface area contributed by atoms with Crippen LogP contribution in [0.4, 0.5) is 0 Å². The molecule has 1 saturated heterocycles. The lowest BCUT2D eigenvalue weighted by Gasteiger charge is -2.39. The third-order valence-electron chi connectivity index (χ3n) is 2.65. The highest BCUT2D eigenvalue weighted by atomic mass is 79.9. The first-order valence-electron chi connectivity index (χ1n) is 5.17. The number of rotatable bonds is 1. The monoisotopic (exact) mass is 283 g/mol. The van der Waals surface area contributed by atoms with Gasteiger partial charge in [-0.15, -0.1) is 0 Å². The molecule has 0 radical (unpaired) electrons. The first-order valence-corrected chi connectivity index (χ1v) is 5.96. The van der Waals surface area contributed by atoms with Crippen LogP contribution in [0, 0.1) is 0 Å². The van der Waals surface area contributed by atoms with E-state index < -0.39 is 0 Å². The van der Waals surface area contributed by atoms with Crippen LogP contribution in [0.3, 0.4) is 0 Å². The van der Waals surface area contributed by atoms with Crippen LogP contribution in [0.25, 0.3) is 0 Å². The number of hydrogen-bond acceptors (Lipinski definition) is 2. The average molecular weight is 284 g/mol. The number of carbonyl (C=O) groups excluding carboxylic acids is 1. The second kappa shape index (κ2) is 4.18. The fourth-order valence-electron chi connectivity index (χ4n) is 2.01. The molecule has 2 rings (SSSR count). The van der Waals surface area contributed by atoms with Gasteiger partial charge in [-0.3, -0.25) is 4.79 Å². The van der Waals surface area contributed by atoms with Gasteiger partial charge in [-0.2, -0.15) is 0 Å². The predicted molar refractivity (Wildman–Crippen MR) is 65.1 cm³/mol. The summed E-state index contributed by atoms with van der Waals surface area (Å²) >= 11 is 3.44. The lowest BCUT2D eigenvalue weighted by atomic mass is 9.90. The van der Waals surface area contributed by atoms with Crippen LogP contribution in [-0.4, -0.2) is 18.1 Å². The Labute approximate surface area is 103 Å². The minimum atomic E-state index is -0.379. The first kappa shape index (κ1) is 11.6. The van der Waals surface area contributed by atoms with Gasteiger partial charge in [0.05, 0.1) is 5.54 Å². The summed E-state index contributed by atoms with van der Waals surface area (Å²) in [4.78, 5) is 11.3. The van der Waals surface area contributed by atoms with E-state index in [0.29, 0.717) is 0 Å². The maximum absolute atomic E-state index is 11.3. The number of amides is 1. The van der Waals surface area contributed by atoms with E-state index in [9.17, 15) is 4.79 Å². The number of hydrogen-bond donors (Lipinski definition) is 1. The first-order chi connectivity index (χ1) is 7.49. The van der Waals surface area contributed by atoms with E-state index in [1.165, 1.54) is 0 Å². The lowest BCUT2D eigenvalue weighted by Crippen LogP contribution is -2.54. The summed E-state index contributed by atoms with van der Waals surface area (Å²) in [5.41, 5.74) is 0.690. The number of morpholine rings is 1. The Morgan fingerprint density at radius 3 is 2.88 bits per heavy atom. The van der Waals surface area contributed by atoms with Gasteiger partial charge in [-0.1, -0.05) is 28.1 Å². The largest absolute Gasteiger partial charge is 0.361 e. The molecule has 0 unspecified atom stereocenters. The van der Waals surface area contributed by atoms with Crippen LogP contribution < -0.4 is 5.32 Å². The normalized spacial score (nSPS) is 23.9. The zero-order chi connectivity index (χ0) is 11.8. The topological polar surface area (TPSA) is 38.3 Å². The SMILES string of the molecule is CC1(C)NC(=O)CO[C@@H]1c1cccc(Br)c1. The van der Waals surface area contributed by atoms with Crippen molar-refractivity contribution in [3.8, 4) is 0 Å². The Morgan fingerprint density at radius 2 is 2.25 bits per heavy atom. The molecule has 1 aliphatic rings. The molecule has 1 atom stereocenters. The number of nitrogens with one attached hydrogen (secondary N) is 1. The highest BCUT2D eigenvalue weighted by molar-refractivity contribution is 9.10. The zero-order valence-electron chi connectivity index (χ0n) is 9.29. The molecule has 1 fully saturated rings.